The molecule has 0 aromatic heterocycles. The Labute approximate surface area is 396 Å². The molecule has 2 aromatic carbocycles. The molecule has 0 radical (unpaired) electrons. The summed E-state index contributed by atoms with van der Waals surface area (Å²) in [4.78, 5) is 12.1. The maximum Gasteiger partial charge on any atom is 0.360 e. The van der Waals surface area contributed by atoms with Gasteiger partial charge in [0, 0.05) is 12.2 Å². The van der Waals surface area contributed by atoms with Gasteiger partial charge in [0.1, 0.15) is 11.5 Å². The number of hydrogen-bond acceptors (Lipinski definition) is 5. The van der Waals surface area contributed by atoms with Crippen LogP contribution in [0.2, 0.25) is 0 Å². The van der Waals surface area contributed by atoms with Crippen molar-refractivity contribution in [3.63, 3.8) is 0 Å². The average molecular weight is 911 g/mol. The van der Waals surface area contributed by atoms with Crippen molar-refractivity contribution in [2.75, 3.05) is 12.4 Å². The number of esters is 1. The summed E-state index contributed by atoms with van der Waals surface area (Å²) in [5, 5.41) is 0. The van der Waals surface area contributed by atoms with Gasteiger partial charge in [0.05, 0.1) is 6.61 Å². The Morgan fingerprint density at radius 2 is 0.746 bits per heavy atom. The molecule has 6 heteroatoms. The molecule has 2 aromatic rings. The topological polar surface area (TPSA) is 44.8 Å². The van der Waals surface area contributed by atoms with Gasteiger partial charge in [-0.2, -0.15) is 0 Å². The molecule has 4 nitrogen and oxygen atoms in total. The molecule has 0 aliphatic carbocycles. The zero-order valence-corrected chi connectivity index (χ0v) is 43.3. The second kappa shape index (κ2) is 44.1. The molecule has 0 aliphatic rings. The van der Waals surface area contributed by atoms with E-state index in [2.05, 4.69) is 69.3 Å². The summed E-state index contributed by atoms with van der Waals surface area (Å²) in [7, 11) is -1.18. The summed E-state index contributed by atoms with van der Waals surface area (Å²) < 4.78 is 19.2. The van der Waals surface area contributed by atoms with Crippen LogP contribution in [-0.4, -0.2) is 18.3 Å². The van der Waals surface area contributed by atoms with E-state index in [0.29, 0.717) is 13.0 Å². The summed E-state index contributed by atoms with van der Waals surface area (Å²) in [6, 6.07) is 17.5. The Hall–Kier alpha value is -1.71. The smallest absolute Gasteiger partial charge is 0.360 e. The van der Waals surface area contributed by atoms with E-state index >= 15 is 0 Å². The monoisotopic (exact) mass is 911 g/mol. The van der Waals surface area contributed by atoms with Gasteiger partial charge in [-0.1, -0.05) is 256 Å². The van der Waals surface area contributed by atoms with Gasteiger partial charge < -0.3 is 13.8 Å². The molecule has 0 saturated heterocycles. The van der Waals surface area contributed by atoms with Gasteiger partial charge in [-0.3, -0.25) is 4.79 Å². The summed E-state index contributed by atoms with van der Waals surface area (Å²) in [6.45, 7) is 7.47. The Morgan fingerprint density at radius 3 is 1.16 bits per heavy atom. The molecular formula is C57H99O4PS. The van der Waals surface area contributed by atoms with Crippen molar-refractivity contribution in [3.05, 3.63) is 59.7 Å². The maximum absolute atomic E-state index is 12.1. The van der Waals surface area contributed by atoms with Gasteiger partial charge in [0.15, 0.2) is 0 Å². The van der Waals surface area contributed by atoms with E-state index in [0.717, 1.165) is 49.4 Å². The number of hydrogen-bond donors (Lipinski definition) is 0. The lowest BCUT2D eigenvalue weighted by Gasteiger charge is -2.21. The van der Waals surface area contributed by atoms with Gasteiger partial charge in [-0.15, -0.1) is 0 Å². The second-order valence-corrected chi connectivity index (χ2v) is 21.7. The fraction of sp³-hybridized carbons (Fsp3) is 0.772. The van der Waals surface area contributed by atoms with Crippen molar-refractivity contribution in [1.29, 1.82) is 0 Å². The van der Waals surface area contributed by atoms with Crippen LogP contribution >= 0.6 is 19.0 Å². The Balaban J connectivity index is 1.72. The first-order valence-corrected chi connectivity index (χ1v) is 30.0. The van der Waals surface area contributed by atoms with E-state index in [9.17, 15) is 4.79 Å². The lowest BCUT2D eigenvalue weighted by atomic mass is 10.0. The molecule has 0 spiro atoms. The molecule has 2 rings (SSSR count). The van der Waals surface area contributed by atoms with Crippen LogP contribution < -0.4 is 9.05 Å². The number of carbonyl (C=O) groups is 1. The number of ether oxygens (including phenoxy) is 1. The number of rotatable bonds is 47. The van der Waals surface area contributed by atoms with Crippen molar-refractivity contribution >= 4 is 24.9 Å². The third kappa shape index (κ3) is 34.3. The lowest BCUT2D eigenvalue weighted by Crippen LogP contribution is -2.05. The number of para-hydroxylation sites is 2. The predicted octanol–water partition coefficient (Wildman–Crippen LogP) is 20.2. The molecule has 0 bridgehead atoms. The van der Waals surface area contributed by atoms with E-state index in [4.69, 9.17) is 13.8 Å². The Morgan fingerprint density at radius 1 is 0.413 bits per heavy atom. The minimum Gasteiger partial charge on any atom is -0.466 e. The molecule has 0 saturated carbocycles. The Bertz CT molecular complexity index is 1220. The van der Waals surface area contributed by atoms with Crippen LogP contribution in [0.1, 0.15) is 269 Å². The zero-order valence-electron chi connectivity index (χ0n) is 41.6. The molecule has 0 aliphatic heterocycles. The van der Waals surface area contributed by atoms with Gasteiger partial charge in [0.25, 0.3) is 0 Å². The second-order valence-electron chi connectivity index (χ2n) is 18.6. The van der Waals surface area contributed by atoms with Crippen LogP contribution in [0.15, 0.2) is 48.5 Å². The Kier molecular flexibility index (Phi) is 40.2. The molecule has 0 heterocycles. The number of carbonyl (C=O) groups excluding carboxylic acids is 1. The highest BCUT2D eigenvalue weighted by Crippen LogP contribution is 2.53. The van der Waals surface area contributed by atoms with Gasteiger partial charge in [-0.25, -0.2) is 0 Å². The van der Waals surface area contributed by atoms with Gasteiger partial charge >= 0.3 is 13.5 Å². The van der Waals surface area contributed by atoms with Gasteiger partial charge in [-0.05, 0) is 79.6 Å². The van der Waals surface area contributed by atoms with E-state index in [1.54, 1.807) is 0 Å². The van der Waals surface area contributed by atoms with E-state index in [1.807, 2.05) is 11.4 Å². The van der Waals surface area contributed by atoms with E-state index in [-0.39, 0.29) is 5.97 Å². The first-order valence-electron chi connectivity index (χ1n) is 27.3. The van der Waals surface area contributed by atoms with Crippen molar-refractivity contribution in [2.24, 2.45) is 0 Å². The minimum atomic E-state index is -1.18. The van der Waals surface area contributed by atoms with Crippen LogP contribution in [0.4, 0.5) is 0 Å². The SMILES string of the molecule is CCCCCCCCCCCOC(=O)CCCCCCCCCCCSP(Oc1ccccc1CCCCCCCCCCC)Oc1ccccc1CCCCCCCCCCC. The van der Waals surface area contributed by atoms with Crippen molar-refractivity contribution in [3.8, 4) is 11.5 Å². The zero-order chi connectivity index (χ0) is 44.9. The highest BCUT2D eigenvalue weighted by molar-refractivity contribution is 8.53. The minimum absolute atomic E-state index is 0.00323. The molecule has 0 fully saturated rings. The van der Waals surface area contributed by atoms with Crippen molar-refractivity contribution in [2.45, 2.75) is 271 Å². The van der Waals surface area contributed by atoms with Crippen molar-refractivity contribution < 1.29 is 18.6 Å². The summed E-state index contributed by atoms with van der Waals surface area (Å²) >= 11 is 1.89. The molecule has 0 unspecified atom stereocenters. The first-order chi connectivity index (χ1) is 31.2. The van der Waals surface area contributed by atoms with Crippen LogP contribution in [0.3, 0.4) is 0 Å². The third-order valence-corrected chi connectivity index (χ3v) is 15.6. The normalized spacial score (nSPS) is 11.4. The lowest BCUT2D eigenvalue weighted by molar-refractivity contribution is -0.143. The highest BCUT2D eigenvalue weighted by Gasteiger charge is 2.20. The maximum atomic E-state index is 12.1. The fourth-order valence-corrected chi connectivity index (χ4v) is 11.4. The largest absolute Gasteiger partial charge is 0.466 e. The predicted molar refractivity (Wildman–Crippen MR) is 280 cm³/mol. The average Bonchev–Trinajstić information content (AvgIpc) is 3.29. The van der Waals surface area contributed by atoms with Crippen LogP contribution in [-0.2, 0) is 22.4 Å². The van der Waals surface area contributed by atoms with E-state index < -0.39 is 7.58 Å². The molecular weight excluding hydrogens is 812 g/mol. The molecule has 0 amide bonds. The third-order valence-electron chi connectivity index (χ3n) is 12.6. The van der Waals surface area contributed by atoms with E-state index in [1.165, 1.54) is 223 Å². The summed E-state index contributed by atoms with van der Waals surface area (Å²) in [6.07, 6.45) is 49.5. The van der Waals surface area contributed by atoms with Crippen LogP contribution in [0.5, 0.6) is 11.5 Å². The highest BCUT2D eigenvalue weighted by atomic mass is 32.7. The summed E-state index contributed by atoms with van der Waals surface area (Å²) in [5.74, 6) is 3.08. The number of unbranched alkanes of at least 4 members (excludes halogenated alkanes) is 32. The molecule has 0 atom stereocenters. The van der Waals surface area contributed by atoms with Crippen molar-refractivity contribution in [1.82, 2.24) is 0 Å². The summed E-state index contributed by atoms with van der Waals surface area (Å²) in [5.41, 5.74) is 2.65. The first kappa shape index (κ1) is 57.4. The molecule has 0 N–H and O–H groups in total. The molecule has 63 heavy (non-hydrogen) atoms. The van der Waals surface area contributed by atoms with Crippen LogP contribution in [0.25, 0.3) is 0 Å². The quantitative estimate of drug-likeness (QED) is 0.0376. The molecule has 362 valence electrons. The number of aryl methyl sites for hydroxylation is 2. The fourth-order valence-electron chi connectivity index (χ4n) is 8.50. The van der Waals surface area contributed by atoms with Gasteiger partial charge in [0.2, 0.25) is 0 Å². The van der Waals surface area contributed by atoms with Crippen LogP contribution in [0, 0.1) is 0 Å². The standard InChI is InChI=1S/C57H99O4PS/c1-4-7-10-13-16-20-25-30-35-44-53-46-38-40-48-55(53)60-62(61-56-49-41-39-47-54(56)45-36-31-26-21-17-14-11-8-5-2)63-52-43-34-29-24-19-22-27-32-37-50-57(58)59-51-42-33-28-23-18-15-12-9-6-3/h38-41,46-49H,4-37,42-45,50-52H2,1-3H3. The number of benzene rings is 2.